The number of carboxylic acids is 1. The molecule has 4 heteroatoms. The lowest BCUT2D eigenvalue weighted by Crippen LogP contribution is -2.58. The van der Waals surface area contributed by atoms with Gasteiger partial charge in [-0.1, -0.05) is 6.42 Å². The number of carboxylic acid groups (broad SMARTS) is 1. The lowest BCUT2D eigenvalue weighted by Gasteiger charge is -2.41. The third-order valence-corrected chi connectivity index (χ3v) is 4.41. The van der Waals surface area contributed by atoms with Crippen LogP contribution in [0.1, 0.15) is 44.9 Å². The van der Waals surface area contributed by atoms with E-state index in [0.717, 1.165) is 45.2 Å². The average molecular weight is 240 g/mol. The van der Waals surface area contributed by atoms with Gasteiger partial charge in [-0.15, -0.1) is 0 Å². The predicted octanol–water partition coefficient (Wildman–Crippen LogP) is 1.46. The lowest BCUT2D eigenvalue weighted by atomic mass is 9.81. The quantitative estimate of drug-likeness (QED) is 0.784. The molecule has 0 amide bonds. The van der Waals surface area contributed by atoms with E-state index in [1.807, 2.05) is 0 Å². The van der Waals surface area contributed by atoms with Crippen LogP contribution in [0, 0.1) is 0 Å². The predicted molar refractivity (Wildman–Crippen MR) is 67.1 cm³/mol. The Balaban J connectivity index is 2.03. The second-order valence-electron chi connectivity index (χ2n) is 5.61. The van der Waals surface area contributed by atoms with Crippen molar-refractivity contribution in [1.82, 2.24) is 10.2 Å². The number of hydrogen-bond acceptors (Lipinski definition) is 3. The highest BCUT2D eigenvalue weighted by molar-refractivity contribution is 5.79. The Morgan fingerprint density at radius 2 is 2.24 bits per heavy atom. The third kappa shape index (κ3) is 2.80. The molecule has 2 aliphatic rings. The van der Waals surface area contributed by atoms with E-state index in [1.54, 1.807) is 0 Å². The summed E-state index contributed by atoms with van der Waals surface area (Å²) in [6.07, 6.45) is 7.33. The molecule has 4 nitrogen and oxygen atoms in total. The fraction of sp³-hybridized carbons (Fsp3) is 0.923. The number of carbonyl (C=O) groups is 1. The minimum absolute atomic E-state index is 0.436. The SMILES string of the molecule is CN1CCCCC1CC1(C(=O)O)CCCCN1. The molecule has 2 heterocycles. The van der Waals surface area contributed by atoms with E-state index in [9.17, 15) is 9.90 Å². The normalized spacial score (nSPS) is 35.7. The standard InChI is InChI=1S/C13H24N2O2/c1-15-9-5-2-6-11(15)10-13(12(16)17)7-3-4-8-14-13/h11,14H,2-10H2,1H3,(H,16,17). The fourth-order valence-electron chi connectivity index (χ4n) is 3.22. The van der Waals surface area contributed by atoms with Crippen molar-refractivity contribution in [2.75, 3.05) is 20.1 Å². The van der Waals surface area contributed by atoms with Crippen molar-refractivity contribution in [3.63, 3.8) is 0 Å². The maximum Gasteiger partial charge on any atom is 0.323 e. The molecule has 0 radical (unpaired) electrons. The van der Waals surface area contributed by atoms with Crippen molar-refractivity contribution in [1.29, 1.82) is 0 Å². The summed E-state index contributed by atoms with van der Waals surface area (Å²) in [6, 6.07) is 0.436. The molecular formula is C13H24N2O2. The number of hydrogen-bond donors (Lipinski definition) is 2. The van der Waals surface area contributed by atoms with Crippen molar-refractivity contribution in [2.45, 2.75) is 56.5 Å². The van der Waals surface area contributed by atoms with Gasteiger partial charge in [-0.3, -0.25) is 4.79 Å². The summed E-state index contributed by atoms with van der Waals surface area (Å²) in [5.74, 6) is -0.656. The van der Waals surface area contributed by atoms with Gasteiger partial charge in [-0.05, 0) is 58.7 Å². The van der Waals surface area contributed by atoms with Crippen LogP contribution in [0.25, 0.3) is 0 Å². The van der Waals surface area contributed by atoms with Crippen LogP contribution in [0.2, 0.25) is 0 Å². The highest BCUT2D eigenvalue weighted by atomic mass is 16.4. The van der Waals surface area contributed by atoms with Crippen LogP contribution >= 0.6 is 0 Å². The largest absolute Gasteiger partial charge is 0.480 e. The van der Waals surface area contributed by atoms with Crippen molar-refractivity contribution >= 4 is 5.97 Å². The third-order valence-electron chi connectivity index (χ3n) is 4.41. The molecule has 2 unspecified atom stereocenters. The second-order valence-corrected chi connectivity index (χ2v) is 5.61. The van der Waals surface area contributed by atoms with Crippen LogP contribution in [-0.2, 0) is 4.79 Å². The zero-order chi connectivity index (χ0) is 12.3. The molecule has 0 spiro atoms. The molecule has 98 valence electrons. The van der Waals surface area contributed by atoms with Crippen molar-refractivity contribution in [2.24, 2.45) is 0 Å². The monoisotopic (exact) mass is 240 g/mol. The maximum absolute atomic E-state index is 11.6. The molecule has 2 rings (SSSR count). The van der Waals surface area contributed by atoms with E-state index >= 15 is 0 Å². The first-order valence-corrected chi connectivity index (χ1v) is 6.83. The highest BCUT2D eigenvalue weighted by Gasteiger charge is 2.42. The molecule has 2 atom stereocenters. The molecule has 0 aliphatic carbocycles. The Labute approximate surface area is 103 Å². The number of rotatable bonds is 3. The minimum Gasteiger partial charge on any atom is -0.480 e. The number of likely N-dealkylation sites (tertiary alicyclic amines) is 1. The van der Waals surface area contributed by atoms with Gasteiger partial charge < -0.3 is 15.3 Å². The van der Waals surface area contributed by atoms with Crippen LogP contribution in [0.3, 0.4) is 0 Å². The first-order valence-electron chi connectivity index (χ1n) is 6.83. The fourth-order valence-corrected chi connectivity index (χ4v) is 3.22. The first kappa shape index (κ1) is 12.8. The van der Waals surface area contributed by atoms with Crippen molar-refractivity contribution in [3.05, 3.63) is 0 Å². The summed E-state index contributed by atoms with van der Waals surface area (Å²) in [4.78, 5) is 13.9. The Bertz CT molecular complexity index is 275. The summed E-state index contributed by atoms with van der Waals surface area (Å²) in [7, 11) is 2.13. The van der Waals surface area contributed by atoms with Gasteiger partial charge >= 0.3 is 5.97 Å². The average Bonchev–Trinajstić information content (AvgIpc) is 2.33. The van der Waals surface area contributed by atoms with Gasteiger partial charge in [0.05, 0.1) is 0 Å². The molecule has 2 saturated heterocycles. The molecule has 0 saturated carbocycles. The second kappa shape index (κ2) is 5.36. The minimum atomic E-state index is -0.658. The smallest absolute Gasteiger partial charge is 0.323 e. The zero-order valence-electron chi connectivity index (χ0n) is 10.7. The molecule has 0 aromatic heterocycles. The molecule has 2 N–H and O–H groups in total. The van der Waals surface area contributed by atoms with E-state index in [2.05, 4.69) is 17.3 Å². The van der Waals surface area contributed by atoms with E-state index < -0.39 is 11.5 Å². The van der Waals surface area contributed by atoms with Gasteiger partial charge in [-0.2, -0.15) is 0 Å². The van der Waals surface area contributed by atoms with E-state index in [1.165, 1.54) is 12.8 Å². The Hall–Kier alpha value is -0.610. The van der Waals surface area contributed by atoms with E-state index in [0.29, 0.717) is 6.04 Å². The van der Waals surface area contributed by atoms with Gasteiger partial charge in [0, 0.05) is 6.04 Å². The summed E-state index contributed by atoms with van der Waals surface area (Å²) in [5.41, 5.74) is -0.658. The molecule has 0 aromatic rings. The van der Waals surface area contributed by atoms with Gasteiger partial charge in [0.2, 0.25) is 0 Å². The van der Waals surface area contributed by atoms with Gasteiger partial charge in [0.25, 0.3) is 0 Å². The zero-order valence-corrected chi connectivity index (χ0v) is 10.7. The maximum atomic E-state index is 11.6. The van der Waals surface area contributed by atoms with Crippen molar-refractivity contribution in [3.8, 4) is 0 Å². The summed E-state index contributed by atoms with van der Waals surface area (Å²) < 4.78 is 0. The molecular weight excluding hydrogens is 216 g/mol. The summed E-state index contributed by atoms with van der Waals surface area (Å²) in [5, 5.41) is 12.8. The number of nitrogens with one attached hydrogen (secondary N) is 1. The van der Waals surface area contributed by atoms with Crippen LogP contribution in [-0.4, -0.2) is 47.7 Å². The topological polar surface area (TPSA) is 52.6 Å². The highest BCUT2D eigenvalue weighted by Crippen LogP contribution is 2.29. The van der Waals surface area contributed by atoms with E-state index in [4.69, 9.17) is 0 Å². The van der Waals surface area contributed by atoms with Crippen LogP contribution in [0.15, 0.2) is 0 Å². The number of piperidine rings is 2. The lowest BCUT2D eigenvalue weighted by molar-refractivity contribution is -0.147. The molecule has 2 fully saturated rings. The summed E-state index contributed by atoms with van der Waals surface area (Å²) in [6.45, 7) is 1.96. The molecule has 2 aliphatic heterocycles. The number of aliphatic carboxylic acids is 1. The Morgan fingerprint density at radius 3 is 2.82 bits per heavy atom. The summed E-state index contributed by atoms with van der Waals surface area (Å²) >= 11 is 0. The first-order chi connectivity index (χ1) is 8.14. The van der Waals surface area contributed by atoms with Crippen molar-refractivity contribution < 1.29 is 9.90 Å². The Morgan fingerprint density at radius 1 is 1.41 bits per heavy atom. The van der Waals surface area contributed by atoms with Crippen LogP contribution in [0.5, 0.6) is 0 Å². The molecule has 0 aromatic carbocycles. The molecule has 17 heavy (non-hydrogen) atoms. The van der Waals surface area contributed by atoms with Gasteiger partial charge in [0.15, 0.2) is 0 Å². The Kier molecular flexibility index (Phi) is 4.05. The van der Waals surface area contributed by atoms with E-state index in [-0.39, 0.29) is 0 Å². The van der Waals surface area contributed by atoms with Gasteiger partial charge in [0.1, 0.15) is 5.54 Å². The molecule has 0 bridgehead atoms. The van der Waals surface area contributed by atoms with Gasteiger partial charge in [-0.25, -0.2) is 0 Å². The van der Waals surface area contributed by atoms with Crippen LogP contribution in [0.4, 0.5) is 0 Å². The van der Waals surface area contributed by atoms with Crippen LogP contribution < -0.4 is 5.32 Å². The number of nitrogens with zero attached hydrogens (tertiary/aromatic N) is 1.